The minimum Gasteiger partial charge on any atom is -0.444 e. The number of aliphatic hydroxyl groups excluding tert-OH is 1. The molecule has 0 radical (unpaired) electrons. The number of aliphatic hydroxyl groups is 1. The molecule has 1 heterocycles. The van der Waals surface area contributed by atoms with E-state index in [2.05, 4.69) is 0 Å². The molecule has 2 atom stereocenters. The van der Waals surface area contributed by atoms with Gasteiger partial charge >= 0.3 is 6.09 Å². The summed E-state index contributed by atoms with van der Waals surface area (Å²) in [7, 11) is 0. The third-order valence-corrected chi connectivity index (χ3v) is 2.22. The van der Waals surface area contributed by atoms with Gasteiger partial charge in [0.15, 0.2) is 0 Å². The second-order valence-electron chi connectivity index (χ2n) is 4.93. The van der Waals surface area contributed by atoms with Crippen molar-refractivity contribution in [1.82, 2.24) is 4.90 Å². The maximum absolute atomic E-state index is 11.5. The lowest BCUT2D eigenvalue weighted by Crippen LogP contribution is -2.35. The fraction of sp³-hybridized carbons (Fsp3) is 0.900. The van der Waals surface area contributed by atoms with Crippen molar-refractivity contribution in [3.05, 3.63) is 0 Å². The number of carbonyl (C=O) groups is 1. The van der Waals surface area contributed by atoms with E-state index in [1.54, 1.807) is 4.90 Å². The van der Waals surface area contributed by atoms with Gasteiger partial charge in [-0.05, 0) is 20.8 Å². The Morgan fingerprint density at radius 1 is 1.43 bits per heavy atom. The highest BCUT2D eigenvalue weighted by Crippen LogP contribution is 2.19. The zero-order valence-corrected chi connectivity index (χ0v) is 9.28. The first-order valence-corrected chi connectivity index (χ1v) is 4.95. The summed E-state index contributed by atoms with van der Waals surface area (Å²) >= 11 is 0. The first kappa shape index (κ1) is 11.3. The van der Waals surface area contributed by atoms with Crippen LogP contribution in [0.15, 0.2) is 0 Å². The average Bonchev–Trinajstić information content (AvgIpc) is 2.28. The average molecular weight is 201 g/mol. The third-order valence-electron chi connectivity index (χ3n) is 2.22. The smallest absolute Gasteiger partial charge is 0.410 e. The van der Waals surface area contributed by atoms with Crippen molar-refractivity contribution in [2.24, 2.45) is 5.92 Å². The quantitative estimate of drug-likeness (QED) is 0.641. The van der Waals surface area contributed by atoms with Crippen molar-refractivity contribution >= 4 is 6.09 Å². The number of rotatable bonds is 0. The molecule has 0 aromatic heterocycles. The van der Waals surface area contributed by atoms with Crippen molar-refractivity contribution in [3.8, 4) is 0 Å². The molecule has 0 aromatic carbocycles. The number of β-amino-alcohol motifs (C(OH)–C–C–N with tert-alkyl or cyclic N) is 1. The molecule has 1 saturated heterocycles. The summed E-state index contributed by atoms with van der Waals surface area (Å²) in [5.41, 5.74) is -0.464. The number of hydrogen-bond donors (Lipinski definition) is 1. The Hall–Kier alpha value is -0.770. The zero-order chi connectivity index (χ0) is 10.9. The van der Waals surface area contributed by atoms with E-state index in [0.717, 1.165) is 0 Å². The van der Waals surface area contributed by atoms with Gasteiger partial charge in [-0.2, -0.15) is 0 Å². The molecule has 1 aliphatic heterocycles. The largest absolute Gasteiger partial charge is 0.444 e. The topological polar surface area (TPSA) is 49.8 Å². The van der Waals surface area contributed by atoms with E-state index >= 15 is 0 Å². The molecule has 4 nitrogen and oxygen atoms in total. The molecule has 0 aliphatic carbocycles. The van der Waals surface area contributed by atoms with Gasteiger partial charge in [0.2, 0.25) is 0 Å². The normalized spacial score (nSPS) is 27.9. The maximum Gasteiger partial charge on any atom is 0.410 e. The third kappa shape index (κ3) is 2.87. The fourth-order valence-corrected chi connectivity index (χ4v) is 1.43. The minimum absolute atomic E-state index is 0.141. The molecule has 0 spiro atoms. The Balaban J connectivity index is 2.48. The van der Waals surface area contributed by atoms with Crippen LogP contribution in [0.25, 0.3) is 0 Å². The van der Waals surface area contributed by atoms with Crippen LogP contribution in [0.1, 0.15) is 27.7 Å². The van der Waals surface area contributed by atoms with Gasteiger partial charge in [-0.1, -0.05) is 6.92 Å². The molecule has 82 valence electrons. The number of hydrogen-bond acceptors (Lipinski definition) is 3. The first-order chi connectivity index (χ1) is 6.29. The number of ether oxygens (including phenoxy) is 1. The monoisotopic (exact) mass is 201 g/mol. The van der Waals surface area contributed by atoms with Gasteiger partial charge in [0.05, 0.1) is 12.6 Å². The molecule has 0 aromatic rings. The van der Waals surface area contributed by atoms with Crippen LogP contribution >= 0.6 is 0 Å². The molecule has 0 bridgehead atoms. The first-order valence-electron chi connectivity index (χ1n) is 4.95. The van der Waals surface area contributed by atoms with Crippen molar-refractivity contribution in [1.29, 1.82) is 0 Å². The van der Waals surface area contributed by atoms with Gasteiger partial charge in [0.25, 0.3) is 0 Å². The predicted octanol–water partition coefficient (Wildman–Crippen LogP) is 1.23. The van der Waals surface area contributed by atoms with Crippen LogP contribution in [-0.4, -0.2) is 40.9 Å². The van der Waals surface area contributed by atoms with E-state index in [1.807, 2.05) is 27.7 Å². The number of likely N-dealkylation sites (tertiary alicyclic amines) is 1. The van der Waals surface area contributed by atoms with Crippen LogP contribution < -0.4 is 0 Å². The molecular formula is C10H19NO3. The molecule has 1 aliphatic rings. The van der Waals surface area contributed by atoms with Crippen LogP contribution in [0, 0.1) is 5.92 Å². The summed E-state index contributed by atoms with van der Waals surface area (Å²) in [5, 5.41) is 9.47. The Morgan fingerprint density at radius 3 is 2.36 bits per heavy atom. The standard InChI is InChI=1S/C10H19NO3/c1-7-5-11(6-8(7)12)9(13)14-10(2,3)4/h7-8,12H,5-6H2,1-4H3/t7-,8+/m1/s1. The Labute approximate surface area is 84.8 Å². The van der Waals surface area contributed by atoms with Gasteiger partial charge < -0.3 is 14.7 Å². The van der Waals surface area contributed by atoms with Crippen LogP contribution in [0.4, 0.5) is 4.79 Å². The lowest BCUT2D eigenvalue weighted by molar-refractivity contribution is 0.0270. The SMILES string of the molecule is C[C@@H]1CN(C(=O)OC(C)(C)C)C[C@@H]1O. The molecule has 1 rings (SSSR count). The second-order valence-corrected chi connectivity index (χ2v) is 4.93. The number of carbonyl (C=O) groups excluding carboxylic acids is 1. The van der Waals surface area contributed by atoms with Crippen LogP contribution in [0.2, 0.25) is 0 Å². The van der Waals surface area contributed by atoms with Crippen LogP contribution in [0.3, 0.4) is 0 Å². The fourth-order valence-electron chi connectivity index (χ4n) is 1.43. The zero-order valence-electron chi connectivity index (χ0n) is 9.28. The summed E-state index contributed by atoms with van der Waals surface area (Å²) in [6.07, 6.45) is -0.747. The summed E-state index contributed by atoms with van der Waals surface area (Å²) in [5.74, 6) is 0.141. The molecule has 1 fully saturated rings. The summed E-state index contributed by atoms with van der Waals surface area (Å²) in [4.78, 5) is 13.1. The van der Waals surface area contributed by atoms with E-state index in [9.17, 15) is 9.90 Å². The summed E-state index contributed by atoms with van der Waals surface area (Å²) in [6, 6.07) is 0. The highest BCUT2D eigenvalue weighted by Gasteiger charge is 2.33. The Morgan fingerprint density at radius 2 is 2.00 bits per heavy atom. The molecule has 14 heavy (non-hydrogen) atoms. The summed E-state index contributed by atoms with van der Waals surface area (Å²) < 4.78 is 5.19. The van der Waals surface area contributed by atoms with E-state index in [0.29, 0.717) is 13.1 Å². The molecule has 1 N–H and O–H groups in total. The van der Waals surface area contributed by atoms with Gasteiger partial charge in [-0.25, -0.2) is 4.79 Å². The molecule has 4 heteroatoms. The van der Waals surface area contributed by atoms with Gasteiger partial charge in [-0.3, -0.25) is 0 Å². The van der Waals surface area contributed by atoms with Crippen LogP contribution in [-0.2, 0) is 4.74 Å². The predicted molar refractivity (Wildman–Crippen MR) is 53.0 cm³/mol. The highest BCUT2D eigenvalue weighted by atomic mass is 16.6. The molecule has 1 amide bonds. The van der Waals surface area contributed by atoms with E-state index < -0.39 is 11.7 Å². The minimum atomic E-state index is -0.464. The maximum atomic E-state index is 11.5. The summed E-state index contributed by atoms with van der Waals surface area (Å²) in [6.45, 7) is 8.39. The Bertz CT molecular complexity index is 212. The van der Waals surface area contributed by atoms with Gasteiger partial charge in [0.1, 0.15) is 5.60 Å². The van der Waals surface area contributed by atoms with E-state index in [1.165, 1.54) is 0 Å². The number of nitrogens with zero attached hydrogens (tertiary/aromatic N) is 1. The van der Waals surface area contributed by atoms with E-state index in [4.69, 9.17) is 4.74 Å². The Kier molecular flexibility index (Phi) is 3.04. The number of amides is 1. The molecular weight excluding hydrogens is 182 g/mol. The van der Waals surface area contributed by atoms with Gasteiger partial charge in [0, 0.05) is 12.5 Å². The molecule has 0 saturated carbocycles. The van der Waals surface area contributed by atoms with Crippen molar-refractivity contribution in [2.45, 2.75) is 39.4 Å². The van der Waals surface area contributed by atoms with Crippen molar-refractivity contribution in [3.63, 3.8) is 0 Å². The lowest BCUT2D eigenvalue weighted by atomic mass is 10.1. The van der Waals surface area contributed by atoms with Crippen molar-refractivity contribution in [2.75, 3.05) is 13.1 Å². The highest BCUT2D eigenvalue weighted by molar-refractivity contribution is 5.68. The lowest BCUT2D eigenvalue weighted by Gasteiger charge is -2.24. The van der Waals surface area contributed by atoms with Gasteiger partial charge in [-0.15, -0.1) is 0 Å². The van der Waals surface area contributed by atoms with Crippen molar-refractivity contribution < 1.29 is 14.6 Å². The second kappa shape index (κ2) is 3.77. The van der Waals surface area contributed by atoms with E-state index in [-0.39, 0.29) is 12.0 Å². The molecule has 0 unspecified atom stereocenters. The van der Waals surface area contributed by atoms with Crippen LogP contribution in [0.5, 0.6) is 0 Å².